The summed E-state index contributed by atoms with van der Waals surface area (Å²) in [6.07, 6.45) is 1.77. The zero-order valence-corrected chi connectivity index (χ0v) is 18.2. The summed E-state index contributed by atoms with van der Waals surface area (Å²) in [4.78, 5) is 30.7. The number of anilines is 1. The number of hydrogen-bond acceptors (Lipinski definition) is 5. The molecule has 1 unspecified atom stereocenters. The maximum absolute atomic E-state index is 13.7. The van der Waals surface area contributed by atoms with Crippen molar-refractivity contribution in [3.05, 3.63) is 64.9 Å². The highest BCUT2D eigenvalue weighted by atomic mass is 16.5. The van der Waals surface area contributed by atoms with Crippen LogP contribution < -0.4 is 9.64 Å². The van der Waals surface area contributed by atoms with Gasteiger partial charge in [0.15, 0.2) is 0 Å². The number of imide groups is 1. The maximum Gasteiger partial charge on any atom is 0.282 e. The van der Waals surface area contributed by atoms with Crippen LogP contribution in [0.25, 0.3) is 5.57 Å². The molecule has 0 aliphatic carbocycles. The number of carbonyl (C=O) groups excluding carboxylic acids is 2. The molecule has 6 nitrogen and oxygen atoms in total. The lowest BCUT2D eigenvalue weighted by atomic mass is 9.96. The zero-order valence-electron chi connectivity index (χ0n) is 18.2. The molecule has 6 heteroatoms. The number of aliphatic hydroxyl groups excluding tert-OH is 1. The zero-order chi connectivity index (χ0) is 22.1. The standard InChI is InChI=1S/C25H28N2O4/c1-16-11-17(2)13-19(12-16)27-24(29)22(20-8-4-5-9-21(20)31-3)23(25(27)30)26-10-6-7-18(14-26)15-28/h4-5,8-9,11-13,18,28H,6-7,10,14-15H2,1-3H3. The summed E-state index contributed by atoms with van der Waals surface area (Å²) in [6, 6.07) is 13.0. The molecule has 1 saturated heterocycles. The fourth-order valence-corrected chi connectivity index (χ4v) is 4.64. The van der Waals surface area contributed by atoms with E-state index in [-0.39, 0.29) is 24.3 Å². The summed E-state index contributed by atoms with van der Waals surface area (Å²) in [5, 5.41) is 9.70. The molecule has 2 aromatic carbocycles. The van der Waals surface area contributed by atoms with Crippen LogP contribution in [-0.4, -0.2) is 48.6 Å². The van der Waals surface area contributed by atoms with E-state index < -0.39 is 0 Å². The number of nitrogens with zero attached hydrogens (tertiary/aromatic N) is 2. The average Bonchev–Trinajstić information content (AvgIpc) is 3.02. The highest BCUT2D eigenvalue weighted by Crippen LogP contribution is 2.39. The summed E-state index contributed by atoms with van der Waals surface area (Å²) in [6.45, 7) is 5.19. The van der Waals surface area contributed by atoms with Crippen molar-refractivity contribution in [2.24, 2.45) is 5.92 Å². The van der Waals surface area contributed by atoms with Gasteiger partial charge in [-0.15, -0.1) is 0 Å². The van der Waals surface area contributed by atoms with Gasteiger partial charge >= 0.3 is 0 Å². The SMILES string of the molecule is COc1ccccc1C1=C(N2CCCC(CO)C2)C(=O)N(c2cc(C)cc(C)c2)C1=O. The van der Waals surface area contributed by atoms with Crippen LogP contribution in [0.3, 0.4) is 0 Å². The second-order valence-corrected chi connectivity index (χ2v) is 8.35. The predicted molar refractivity (Wildman–Crippen MR) is 120 cm³/mol. The smallest absolute Gasteiger partial charge is 0.282 e. The van der Waals surface area contributed by atoms with Crippen LogP contribution in [0.15, 0.2) is 48.2 Å². The fourth-order valence-electron chi connectivity index (χ4n) is 4.64. The van der Waals surface area contributed by atoms with Gasteiger partial charge in [0.25, 0.3) is 11.8 Å². The first-order valence-corrected chi connectivity index (χ1v) is 10.6. The van der Waals surface area contributed by atoms with Gasteiger partial charge < -0.3 is 14.7 Å². The first kappa shape index (κ1) is 21.1. The Bertz CT molecular complexity index is 1040. The molecule has 1 atom stereocenters. The normalized spacial score (nSPS) is 19.4. The topological polar surface area (TPSA) is 70.1 Å². The highest BCUT2D eigenvalue weighted by Gasteiger charge is 2.44. The fraction of sp³-hybridized carbons (Fsp3) is 0.360. The van der Waals surface area contributed by atoms with Crippen molar-refractivity contribution in [3.63, 3.8) is 0 Å². The first-order valence-electron chi connectivity index (χ1n) is 10.6. The summed E-state index contributed by atoms with van der Waals surface area (Å²) in [5.74, 6) is -0.0393. The van der Waals surface area contributed by atoms with E-state index in [4.69, 9.17) is 4.74 Å². The molecule has 4 rings (SSSR count). The van der Waals surface area contributed by atoms with Crippen molar-refractivity contribution in [1.82, 2.24) is 4.90 Å². The van der Waals surface area contributed by atoms with E-state index >= 15 is 0 Å². The number of ether oxygens (including phenoxy) is 1. The number of aliphatic hydroxyl groups is 1. The van der Waals surface area contributed by atoms with Crippen molar-refractivity contribution in [1.29, 1.82) is 0 Å². The van der Waals surface area contributed by atoms with Crippen molar-refractivity contribution >= 4 is 23.1 Å². The monoisotopic (exact) mass is 420 g/mol. The number of carbonyl (C=O) groups is 2. The molecular formula is C25H28N2O4. The van der Waals surface area contributed by atoms with Gasteiger partial charge in [-0.2, -0.15) is 0 Å². The van der Waals surface area contributed by atoms with Gasteiger partial charge in [-0.1, -0.05) is 24.3 Å². The Hall–Kier alpha value is -3.12. The molecule has 0 radical (unpaired) electrons. The first-order chi connectivity index (χ1) is 14.9. The lowest BCUT2D eigenvalue weighted by molar-refractivity contribution is -0.120. The number of amides is 2. The molecule has 31 heavy (non-hydrogen) atoms. The molecule has 2 aliphatic heterocycles. The van der Waals surface area contributed by atoms with Crippen LogP contribution in [0.1, 0.15) is 29.5 Å². The van der Waals surface area contributed by atoms with Gasteiger partial charge in [0.2, 0.25) is 0 Å². The number of piperidine rings is 1. The van der Waals surface area contributed by atoms with Crippen molar-refractivity contribution in [2.45, 2.75) is 26.7 Å². The van der Waals surface area contributed by atoms with E-state index in [0.29, 0.717) is 41.4 Å². The van der Waals surface area contributed by atoms with Crippen LogP contribution in [-0.2, 0) is 9.59 Å². The van der Waals surface area contributed by atoms with Crippen molar-refractivity contribution in [3.8, 4) is 5.75 Å². The van der Waals surface area contributed by atoms with Crippen molar-refractivity contribution in [2.75, 3.05) is 31.7 Å². The lowest BCUT2D eigenvalue weighted by Crippen LogP contribution is -2.40. The Morgan fingerprint density at radius 2 is 1.77 bits per heavy atom. The minimum Gasteiger partial charge on any atom is -0.496 e. The van der Waals surface area contributed by atoms with Crippen molar-refractivity contribution < 1.29 is 19.4 Å². The van der Waals surface area contributed by atoms with Crippen LogP contribution in [0.5, 0.6) is 5.75 Å². The maximum atomic E-state index is 13.7. The second-order valence-electron chi connectivity index (χ2n) is 8.35. The summed E-state index contributed by atoms with van der Waals surface area (Å²) >= 11 is 0. The quantitative estimate of drug-likeness (QED) is 0.752. The van der Waals surface area contributed by atoms with E-state index in [1.54, 1.807) is 13.2 Å². The van der Waals surface area contributed by atoms with Gasteiger partial charge in [0.1, 0.15) is 11.4 Å². The van der Waals surface area contributed by atoms with E-state index in [2.05, 4.69) is 0 Å². The molecule has 0 saturated carbocycles. The molecule has 162 valence electrons. The molecule has 2 amide bonds. The van der Waals surface area contributed by atoms with E-state index in [1.165, 1.54) is 4.90 Å². The highest BCUT2D eigenvalue weighted by molar-refractivity contribution is 6.45. The molecule has 1 N–H and O–H groups in total. The third kappa shape index (κ3) is 3.83. The Labute approximate surface area is 182 Å². The second kappa shape index (κ2) is 8.55. The van der Waals surface area contributed by atoms with Gasteiger partial charge in [-0.3, -0.25) is 9.59 Å². The Balaban J connectivity index is 1.87. The molecule has 2 aromatic rings. The Morgan fingerprint density at radius 1 is 1.06 bits per heavy atom. The van der Waals surface area contributed by atoms with Crippen LogP contribution in [0.2, 0.25) is 0 Å². The van der Waals surface area contributed by atoms with E-state index in [0.717, 1.165) is 24.0 Å². The lowest BCUT2D eigenvalue weighted by Gasteiger charge is -2.34. The molecule has 1 fully saturated rings. The van der Waals surface area contributed by atoms with E-state index in [9.17, 15) is 14.7 Å². The van der Waals surface area contributed by atoms with Gasteiger partial charge in [0.05, 0.1) is 18.4 Å². The molecule has 0 aromatic heterocycles. The molecular weight excluding hydrogens is 392 g/mol. The Kier molecular flexibility index (Phi) is 5.83. The molecule has 2 heterocycles. The van der Waals surface area contributed by atoms with Crippen LogP contribution in [0, 0.1) is 19.8 Å². The number of rotatable bonds is 5. The summed E-state index contributed by atoms with van der Waals surface area (Å²) in [7, 11) is 1.56. The summed E-state index contributed by atoms with van der Waals surface area (Å²) in [5.41, 5.74) is 3.91. The number of methoxy groups -OCH3 is 1. The number of likely N-dealkylation sites (tertiary alicyclic amines) is 1. The minimum absolute atomic E-state index is 0.0662. The number of para-hydroxylation sites is 1. The van der Waals surface area contributed by atoms with Gasteiger partial charge in [0, 0.05) is 25.3 Å². The van der Waals surface area contributed by atoms with E-state index in [1.807, 2.05) is 55.1 Å². The third-order valence-corrected chi connectivity index (χ3v) is 5.99. The minimum atomic E-state index is -0.347. The number of hydrogen-bond donors (Lipinski definition) is 1. The van der Waals surface area contributed by atoms with Gasteiger partial charge in [-0.05, 0) is 61.9 Å². The largest absolute Gasteiger partial charge is 0.496 e. The number of aryl methyl sites for hydroxylation is 2. The predicted octanol–water partition coefficient (Wildman–Crippen LogP) is 3.30. The number of benzene rings is 2. The van der Waals surface area contributed by atoms with Gasteiger partial charge in [-0.25, -0.2) is 4.90 Å². The Morgan fingerprint density at radius 3 is 2.45 bits per heavy atom. The van der Waals surface area contributed by atoms with Crippen LogP contribution >= 0.6 is 0 Å². The summed E-state index contributed by atoms with van der Waals surface area (Å²) < 4.78 is 5.52. The molecule has 2 aliphatic rings. The third-order valence-electron chi connectivity index (χ3n) is 5.99. The molecule has 0 spiro atoms. The molecule has 0 bridgehead atoms. The van der Waals surface area contributed by atoms with Crippen LogP contribution in [0.4, 0.5) is 5.69 Å². The average molecular weight is 421 g/mol.